The highest BCUT2D eigenvalue weighted by atomic mass is 19.3. The second-order valence-electron chi connectivity index (χ2n) is 3.80. The third-order valence-corrected chi connectivity index (χ3v) is 2.48. The first-order valence-corrected chi connectivity index (χ1v) is 5.68. The number of carbonyl (C=O) groups is 1. The number of carboxylic acids is 1. The highest BCUT2D eigenvalue weighted by molar-refractivity contribution is 5.92. The Hall–Kier alpha value is -1.89. The summed E-state index contributed by atoms with van der Waals surface area (Å²) in [5, 5.41) is 11.9. The fraction of sp³-hybridized carbons (Fsp3) is 0.417. The Kier molecular flexibility index (Phi) is 5.50. The summed E-state index contributed by atoms with van der Waals surface area (Å²) in [5.41, 5.74) is 6.60. The number of anilines is 1. The second-order valence-corrected chi connectivity index (χ2v) is 3.80. The Morgan fingerprint density at radius 2 is 2.21 bits per heavy atom. The highest BCUT2D eigenvalue weighted by Gasteiger charge is 2.17. The van der Waals surface area contributed by atoms with E-state index in [1.807, 2.05) is 0 Å². The predicted molar refractivity (Wildman–Crippen MR) is 67.2 cm³/mol. The van der Waals surface area contributed by atoms with E-state index in [0.29, 0.717) is 24.2 Å². The van der Waals surface area contributed by atoms with Crippen LogP contribution in [-0.4, -0.2) is 37.7 Å². The number of carboxylic acid groups (broad SMARTS) is 1. The number of nitrogens with one attached hydrogen (secondary N) is 1. The number of nitrogens with two attached hydrogens (primary N) is 1. The molecule has 19 heavy (non-hydrogen) atoms. The van der Waals surface area contributed by atoms with Gasteiger partial charge in [-0.05, 0) is 24.6 Å². The number of ether oxygens (including phenoxy) is 1. The lowest BCUT2D eigenvalue weighted by Gasteiger charge is -2.14. The van der Waals surface area contributed by atoms with Crippen LogP contribution in [0.2, 0.25) is 0 Å². The molecule has 0 fully saturated rings. The zero-order valence-electron chi connectivity index (χ0n) is 10.5. The lowest BCUT2D eigenvalue weighted by atomic mass is 10.0. The predicted octanol–water partition coefficient (Wildman–Crippen LogP) is 1.57. The average molecular weight is 274 g/mol. The first-order chi connectivity index (χ1) is 8.99. The lowest BCUT2D eigenvalue weighted by Crippen LogP contribution is -2.12. The van der Waals surface area contributed by atoms with Gasteiger partial charge in [-0.15, -0.1) is 0 Å². The molecule has 0 atom stereocenters. The van der Waals surface area contributed by atoms with Crippen LogP contribution in [0.4, 0.5) is 14.5 Å². The standard InChI is InChI=1S/C12H16F2N2O3/c1-16-9-5-10(19-6-11(13)14)8(12(17)18)4-7(9)2-3-15/h4-5,11,16H,2-3,6,15H2,1H3,(H,17,18). The van der Waals surface area contributed by atoms with Crippen molar-refractivity contribution in [3.8, 4) is 5.75 Å². The molecule has 0 saturated carbocycles. The Labute approximate surface area is 109 Å². The van der Waals surface area contributed by atoms with Gasteiger partial charge >= 0.3 is 5.97 Å². The van der Waals surface area contributed by atoms with E-state index in [-0.39, 0.29) is 11.3 Å². The topological polar surface area (TPSA) is 84.6 Å². The van der Waals surface area contributed by atoms with E-state index in [4.69, 9.17) is 15.6 Å². The summed E-state index contributed by atoms with van der Waals surface area (Å²) in [6.45, 7) is -0.495. The van der Waals surface area contributed by atoms with Gasteiger partial charge in [-0.1, -0.05) is 0 Å². The second kappa shape index (κ2) is 6.89. The van der Waals surface area contributed by atoms with E-state index in [1.165, 1.54) is 12.1 Å². The molecule has 0 unspecified atom stereocenters. The van der Waals surface area contributed by atoms with E-state index < -0.39 is 19.0 Å². The maximum absolute atomic E-state index is 12.1. The molecule has 0 amide bonds. The fourth-order valence-corrected chi connectivity index (χ4v) is 1.66. The molecule has 0 spiro atoms. The molecule has 0 saturated heterocycles. The van der Waals surface area contributed by atoms with Crippen molar-refractivity contribution in [3.05, 3.63) is 23.3 Å². The van der Waals surface area contributed by atoms with Crippen LogP contribution >= 0.6 is 0 Å². The first kappa shape index (κ1) is 15.2. The maximum Gasteiger partial charge on any atom is 0.339 e. The van der Waals surface area contributed by atoms with Crippen molar-refractivity contribution in [1.82, 2.24) is 0 Å². The van der Waals surface area contributed by atoms with Crippen LogP contribution in [-0.2, 0) is 6.42 Å². The molecule has 7 heteroatoms. The van der Waals surface area contributed by atoms with Crippen molar-refractivity contribution in [2.45, 2.75) is 12.8 Å². The fourth-order valence-electron chi connectivity index (χ4n) is 1.66. The Morgan fingerprint density at radius 1 is 1.53 bits per heavy atom. The minimum atomic E-state index is -2.66. The molecule has 1 aromatic rings. The third-order valence-electron chi connectivity index (χ3n) is 2.48. The summed E-state index contributed by atoms with van der Waals surface area (Å²) in [4.78, 5) is 11.1. The largest absolute Gasteiger partial charge is 0.487 e. The molecule has 0 aliphatic carbocycles. The zero-order valence-corrected chi connectivity index (χ0v) is 10.5. The smallest absolute Gasteiger partial charge is 0.339 e. The van der Waals surface area contributed by atoms with Gasteiger partial charge < -0.3 is 20.9 Å². The number of benzene rings is 1. The van der Waals surface area contributed by atoms with Crippen LogP contribution in [0.1, 0.15) is 15.9 Å². The first-order valence-electron chi connectivity index (χ1n) is 5.68. The van der Waals surface area contributed by atoms with Gasteiger partial charge in [0, 0.05) is 18.8 Å². The molecule has 0 aromatic heterocycles. The van der Waals surface area contributed by atoms with Crippen LogP contribution in [0.25, 0.3) is 0 Å². The molecule has 0 heterocycles. The van der Waals surface area contributed by atoms with Crippen molar-refractivity contribution in [2.75, 3.05) is 25.5 Å². The molecule has 1 aromatic carbocycles. The van der Waals surface area contributed by atoms with Gasteiger partial charge in [-0.2, -0.15) is 0 Å². The van der Waals surface area contributed by atoms with Crippen molar-refractivity contribution >= 4 is 11.7 Å². The quantitative estimate of drug-likeness (QED) is 0.703. The number of hydrogen-bond donors (Lipinski definition) is 3. The van der Waals surface area contributed by atoms with E-state index in [9.17, 15) is 13.6 Å². The van der Waals surface area contributed by atoms with Gasteiger partial charge in [-0.3, -0.25) is 0 Å². The summed E-state index contributed by atoms with van der Waals surface area (Å²) < 4.78 is 29.1. The SMILES string of the molecule is CNc1cc(OCC(F)F)c(C(=O)O)cc1CCN. The molecule has 106 valence electrons. The molecule has 0 radical (unpaired) electrons. The molecular formula is C12H16F2N2O3. The Morgan fingerprint density at radius 3 is 2.68 bits per heavy atom. The number of hydrogen-bond acceptors (Lipinski definition) is 4. The summed E-state index contributed by atoms with van der Waals surface area (Å²) >= 11 is 0. The molecule has 1 rings (SSSR count). The van der Waals surface area contributed by atoms with Gasteiger partial charge in [0.25, 0.3) is 6.43 Å². The zero-order chi connectivity index (χ0) is 14.4. The monoisotopic (exact) mass is 274 g/mol. The normalized spacial score (nSPS) is 10.6. The molecule has 5 nitrogen and oxygen atoms in total. The van der Waals surface area contributed by atoms with Crippen molar-refractivity contribution in [1.29, 1.82) is 0 Å². The van der Waals surface area contributed by atoms with Gasteiger partial charge in [0.1, 0.15) is 17.9 Å². The summed E-state index contributed by atoms with van der Waals surface area (Å²) in [6, 6.07) is 2.79. The summed E-state index contributed by atoms with van der Waals surface area (Å²) in [7, 11) is 1.65. The van der Waals surface area contributed by atoms with Crippen molar-refractivity contribution in [2.24, 2.45) is 5.73 Å². The number of rotatable bonds is 7. The van der Waals surface area contributed by atoms with Crippen LogP contribution in [0.5, 0.6) is 5.75 Å². The van der Waals surface area contributed by atoms with Crippen molar-refractivity contribution in [3.63, 3.8) is 0 Å². The summed E-state index contributed by atoms with van der Waals surface area (Å²) in [6.07, 6.45) is -2.19. The third kappa shape index (κ3) is 4.06. The van der Waals surface area contributed by atoms with E-state index >= 15 is 0 Å². The number of alkyl halides is 2. The maximum atomic E-state index is 12.1. The number of halogens is 2. The van der Waals surface area contributed by atoms with Gasteiger partial charge in [0.05, 0.1) is 0 Å². The molecule has 0 aliphatic heterocycles. The van der Waals surface area contributed by atoms with Crippen molar-refractivity contribution < 1.29 is 23.4 Å². The minimum Gasteiger partial charge on any atom is -0.487 e. The summed E-state index contributed by atoms with van der Waals surface area (Å²) in [5.74, 6) is -1.32. The molecule has 0 aliphatic rings. The lowest BCUT2D eigenvalue weighted by molar-refractivity contribution is 0.0664. The molecular weight excluding hydrogens is 258 g/mol. The van der Waals surface area contributed by atoms with Crippen LogP contribution in [0, 0.1) is 0 Å². The highest BCUT2D eigenvalue weighted by Crippen LogP contribution is 2.28. The molecule has 4 N–H and O–H groups in total. The minimum absolute atomic E-state index is 0.0853. The van der Waals surface area contributed by atoms with E-state index in [2.05, 4.69) is 5.32 Å². The Bertz CT molecular complexity index is 453. The van der Waals surface area contributed by atoms with Crippen LogP contribution in [0.3, 0.4) is 0 Å². The van der Waals surface area contributed by atoms with Crippen LogP contribution in [0.15, 0.2) is 12.1 Å². The van der Waals surface area contributed by atoms with Gasteiger partial charge in [-0.25, -0.2) is 13.6 Å². The average Bonchev–Trinajstić information content (AvgIpc) is 2.36. The van der Waals surface area contributed by atoms with Gasteiger partial charge in [0.2, 0.25) is 0 Å². The number of aromatic carboxylic acids is 1. The van der Waals surface area contributed by atoms with Crippen LogP contribution < -0.4 is 15.8 Å². The van der Waals surface area contributed by atoms with E-state index in [0.717, 1.165) is 0 Å². The van der Waals surface area contributed by atoms with Gasteiger partial charge in [0.15, 0.2) is 0 Å². The molecule has 0 bridgehead atoms. The van der Waals surface area contributed by atoms with E-state index in [1.54, 1.807) is 7.05 Å². The Balaban J connectivity index is 3.16.